The minimum atomic E-state index is -0.390. The zero-order valence-corrected chi connectivity index (χ0v) is 15.6. The summed E-state index contributed by atoms with van der Waals surface area (Å²) in [5, 5.41) is 14.1. The Kier molecular flexibility index (Phi) is 5.30. The Morgan fingerprint density at radius 1 is 0.893 bits per heavy atom. The maximum absolute atomic E-state index is 13.2. The van der Waals surface area contributed by atoms with E-state index in [0.717, 1.165) is 22.0 Å². The molecule has 4 nitrogen and oxygen atoms in total. The van der Waals surface area contributed by atoms with Crippen LogP contribution in [-0.4, -0.2) is 21.9 Å². The van der Waals surface area contributed by atoms with Gasteiger partial charge in [-0.1, -0.05) is 72.4 Å². The highest BCUT2D eigenvalue weighted by molar-refractivity contribution is 8.00. The fourth-order valence-corrected chi connectivity index (χ4v) is 3.66. The molecule has 3 aromatic carbocycles. The van der Waals surface area contributed by atoms with Crippen LogP contribution in [0.5, 0.6) is 0 Å². The van der Waals surface area contributed by atoms with Crippen LogP contribution in [0.2, 0.25) is 0 Å². The monoisotopic (exact) mass is 389 g/mol. The quantitative estimate of drug-likeness (QED) is 0.479. The van der Waals surface area contributed by atoms with Gasteiger partial charge in [-0.25, -0.2) is 4.39 Å². The SMILES string of the molecule is O=C(CSc1nnc(-c2ccccc2)c2ccccc12)Nc1cccc(F)c1. The fourth-order valence-electron chi connectivity index (χ4n) is 2.89. The average Bonchev–Trinajstić information content (AvgIpc) is 2.72. The molecule has 0 unspecified atom stereocenters. The highest BCUT2D eigenvalue weighted by atomic mass is 32.2. The van der Waals surface area contributed by atoms with E-state index in [2.05, 4.69) is 15.5 Å². The number of nitrogens with one attached hydrogen (secondary N) is 1. The summed E-state index contributed by atoms with van der Waals surface area (Å²) < 4.78 is 13.2. The van der Waals surface area contributed by atoms with Crippen LogP contribution in [0.4, 0.5) is 10.1 Å². The Balaban J connectivity index is 1.56. The minimum absolute atomic E-state index is 0.153. The number of hydrogen-bond acceptors (Lipinski definition) is 4. The molecule has 1 heterocycles. The van der Waals surface area contributed by atoms with Gasteiger partial charge in [0.15, 0.2) is 0 Å². The Morgan fingerprint density at radius 3 is 2.43 bits per heavy atom. The van der Waals surface area contributed by atoms with Gasteiger partial charge in [-0.2, -0.15) is 0 Å². The number of carbonyl (C=O) groups is 1. The van der Waals surface area contributed by atoms with Crippen molar-refractivity contribution in [1.29, 1.82) is 0 Å². The summed E-state index contributed by atoms with van der Waals surface area (Å²) >= 11 is 1.31. The highest BCUT2D eigenvalue weighted by Gasteiger charge is 2.12. The van der Waals surface area contributed by atoms with Crippen molar-refractivity contribution in [3.63, 3.8) is 0 Å². The summed E-state index contributed by atoms with van der Waals surface area (Å²) in [6.07, 6.45) is 0. The van der Waals surface area contributed by atoms with E-state index in [1.165, 1.54) is 23.9 Å². The lowest BCUT2D eigenvalue weighted by Gasteiger charge is -2.09. The van der Waals surface area contributed by atoms with Crippen molar-refractivity contribution in [2.24, 2.45) is 0 Å². The van der Waals surface area contributed by atoms with Crippen LogP contribution >= 0.6 is 11.8 Å². The number of halogens is 1. The number of anilines is 1. The van der Waals surface area contributed by atoms with E-state index >= 15 is 0 Å². The van der Waals surface area contributed by atoms with E-state index < -0.39 is 0 Å². The third kappa shape index (κ3) is 4.02. The van der Waals surface area contributed by atoms with Crippen LogP contribution < -0.4 is 5.32 Å². The number of nitrogens with zero attached hydrogens (tertiary/aromatic N) is 2. The molecule has 0 aliphatic heterocycles. The van der Waals surface area contributed by atoms with Gasteiger partial charge in [-0.3, -0.25) is 4.79 Å². The van der Waals surface area contributed by atoms with Gasteiger partial charge in [0.25, 0.3) is 0 Å². The maximum Gasteiger partial charge on any atom is 0.234 e. The molecular formula is C22H16FN3OS. The van der Waals surface area contributed by atoms with E-state index in [-0.39, 0.29) is 17.5 Å². The molecule has 1 N–H and O–H groups in total. The van der Waals surface area contributed by atoms with E-state index in [1.807, 2.05) is 54.6 Å². The summed E-state index contributed by atoms with van der Waals surface area (Å²) in [6, 6.07) is 23.6. The van der Waals surface area contributed by atoms with Gasteiger partial charge in [0, 0.05) is 22.0 Å². The molecular weight excluding hydrogens is 373 g/mol. The third-order valence-electron chi connectivity index (χ3n) is 4.15. The van der Waals surface area contributed by atoms with Crippen LogP contribution in [0, 0.1) is 5.82 Å². The van der Waals surface area contributed by atoms with Crippen LogP contribution in [-0.2, 0) is 4.79 Å². The Morgan fingerprint density at radius 2 is 1.64 bits per heavy atom. The van der Waals surface area contributed by atoms with Crippen molar-refractivity contribution >= 4 is 34.1 Å². The standard InChI is InChI=1S/C22H16FN3OS/c23-16-9-6-10-17(13-16)24-20(27)14-28-22-19-12-5-4-11-18(19)21(25-26-22)15-7-2-1-3-8-15/h1-13H,14H2,(H,24,27). The van der Waals surface area contributed by atoms with Crippen molar-refractivity contribution < 1.29 is 9.18 Å². The Labute approximate surface area is 165 Å². The largest absolute Gasteiger partial charge is 0.325 e. The molecule has 0 aliphatic rings. The van der Waals surface area contributed by atoms with Gasteiger partial charge in [-0.05, 0) is 18.2 Å². The summed E-state index contributed by atoms with van der Waals surface area (Å²) in [5.41, 5.74) is 2.23. The smallest absolute Gasteiger partial charge is 0.234 e. The van der Waals surface area contributed by atoms with Gasteiger partial charge in [-0.15, -0.1) is 10.2 Å². The molecule has 138 valence electrons. The van der Waals surface area contributed by atoms with Gasteiger partial charge < -0.3 is 5.32 Å². The zero-order chi connectivity index (χ0) is 19.3. The fraction of sp³-hybridized carbons (Fsp3) is 0.0455. The van der Waals surface area contributed by atoms with Crippen LogP contribution in [0.15, 0.2) is 83.9 Å². The number of hydrogen-bond donors (Lipinski definition) is 1. The summed E-state index contributed by atoms with van der Waals surface area (Å²) in [5.74, 6) is -0.465. The highest BCUT2D eigenvalue weighted by Crippen LogP contribution is 2.31. The molecule has 0 saturated heterocycles. The molecule has 0 radical (unpaired) electrons. The molecule has 1 aromatic heterocycles. The molecule has 0 spiro atoms. The molecule has 0 atom stereocenters. The number of thioether (sulfide) groups is 1. The summed E-state index contributed by atoms with van der Waals surface area (Å²) in [6.45, 7) is 0. The number of carbonyl (C=O) groups excluding carboxylic acids is 1. The van der Waals surface area contributed by atoms with Crippen molar-refractivity contribution in [3.05, 3.63) is 84.7 Å². The summed E-state index contributed by atoms with van der Waals surface area (Å²) in [4.78, 5) is 12.2. The van der Waals surface area contributed by atoms with Crippen molar-refractivity contribution in [2.75, 3.05) is 11.1 Å². The normalized spacial score (nSPS) is 10.8. The van der Waals surface area contributed by atoms with Crippen molar-refractivity contribution in [1.82, 2.24) is 10.2 Å². The lowest BCUT2D eigenvalue weighted by Crippen LogP contribution is -2.14. The average molecular weight is 389 g/mol. The third-order valence-corrected chi connectivity index (χ3v) is 5.13. The predicted octanol–water partition coefficient (Wildman–Crippen LogP) is 5.17. The minimum Gasteiger partial charge on any atom is -0.325 e. The van der Waals surface area contributed by atoms with Crippen molar-refractivity contribution in [3.8, 4) is 11.3 Å². The van der Waals surface area contributed by atoms with Crippen LogP contribution in [0.25, 0.3) is 22.0 Å². The molecule has 0 fully saturated rings. The first-order valence-electron chi connectivity index (χ1n) is 8.70. The number of benzene rings is 3. The lowest BCUT2D eigenvalue weighted by molar-refractivity contribution is -0.113. The Bertz CT molecular complexity index is 1130. The van der Waals surface area contributed by atoms with E-state index in [0.29, 0.717) is 10.7 Å². The number of amides is 1. The second kappa shape index (κ2) is 8.19. The molecule has 28 heavy (non-hydrogen) atoms. The molecule has 0 bridgehead atoms. The van der Waals surface area contributed by atoms with Gasteiger partial charge in [0.1, 0.15) is 16.5 Å². The second-order valence-electron chi connectivity index (χ2n) is 6.11. The predicted molar refractivity (Wildman–Crippen MR) is 111 cm³/mol. The zero-order valence-electron chi connectivity index (χ0n) is 14.8. The number of aromatic nitrogens is 2. The number of rotatable bonds is 5. The maximum atomic E-state index is 13.2. The first kappa shape index (κ1) is 18.1. The van der Waals surface area contributed by atoms with Crippen LogP contribution in [0.1, 0.15) is 0 Å². The molecule has 4 aromatic rings. The molecule has 4 rings (SSSR count). The lowest BCUT2D eigenvalue weighted by atomic mass is 10.1. The van der Waals surface area contributed by atoms with E-state index in [9.17, 15) is 9.18 Å². The van der Waals surface area contributed by atoms with Crippen LogP contribution in [0.3, 0.4) is 0 Å². The summed E-state index contributed by atoms with van der Waals surface area (Å²) in [7, 11) is 0. The van der Waals surface area contributed by atoms with Gasteiger partial charge in [0.2, 0.25) is 5.91 Å². The van der Waals surface area contributed by atoms with Crippen molar-refractivity contribution in [2.45, 2.75) is 5.03 Å². The van der Waals surface area contributed by atoms with Gasteiger partial charge in [0.05, 0.1) is 5.75 Å². The van der Waals surface area contributed by atoms with E-state index in [4.69, 9.17) is 0 Å². The first-order valence-corrected chi connectivity index (χ1v) is 9.68. The number of fused-ring (bicyclic) bond motifs is 1. The first-order chi connectivity index (χ1) is 13.7. The van der Waals surface area contributed by atoms with E-state index in [1.54, 1.807) is 12.1 Å². The molecule has 6 heteroatoms. The molecule has 0 aliphatic carbocycles. The van der Waals surface area contributed by atoms with Gasteiger partial charge >= 0.3 is 0 Å². The second-order valence-corrected chi connectivity index (χ2v) is 7.08. The molecule has 0 saturated carbocycles. The molecule has 1 amide bonds. The topological polar surface area (TPSA) is 54.9 Å². The Hall–Kier alpha value is -3.25.